The molecule has 0 aromatic carbocycles. The van der Waals surface area contributed by atoms with Crippen LogP contribution in [0, 0.1) is 5.92 Å². The van der Waals surface area contributed by atoms with E-state index in [-0.39, 0.29) is 23.8 Å². The number of amides is 2. The van der Waals surface area contributed by atoms with E-state index in [4.69, 9.17) is 0 Å². The van der Waals surface area contributed by atoms with E-state index in [2.05, 4.69) is 4.90 Å². The molecule has 1 N–H and O–H groups in total. The Morgan fingerprint density at radius 1 is 1.17 bits per heavy atom. The number of piperazine rings is 1. The molecule has 1 unspecified atom stereocenters. The Bertz CT molecular complexity index is 437. The first-order valence-electron chi connectivity index (χ1n) is 8.72. The van der Waals surface area contributed by atoms with Crippen LogP contribution >= 0.6 is 0 Å². The number of carbonyl (C=O) groups excluding carboxylic acids is 2. The molecule has 6 nitrogen and oxygen atoms in total. The Hall–Kier alpha value is -1.14. The molecule has 2 heterocycles. The number of rotatable bonds is 5. The van der Waals surface area contributed by atoms with E-state index in [1.807, 2.05) is 18.7 Å². The zero-order chi connectivity index (χ0) is 17.2. The maximum absolute atomic E-state index is 12.9. The topological polar surface area (TPSA) is 64.1 Å². The molecule has 0 aliphatic carbocycles. The van der Waals surface area contributed by atoms with E-state index in [1.165, 1.54) is 0 Å². The van der Waals surface area contributed by atoms with E-state index >= 15 is 0 Å². The van der Waals surface area contributed by atoms with E-state index in [0.29, 0.717) is 32.6 Å². The van der Waals surface area contributed by atoms with Gasteiger partial charge in [-0.15, -0.1) is 0 Å². The van der Waals surface area contributed by atoms with Gasteiger partial charge in [-0.1, -0.05) is 13.8 Å². The molecule has 0 bridgehead atoms. The average molecular weight is 325 g/mol. The fourth-order valence-corrected chi connectivity index (χ4v) is 3.60. The monoisotopic (exact) mass is 325 g/mol. The van der Waals surface area contributed by atoms with Gasteiger partial charge in [-0.05, 0) is 26.2 Å². The zero-order valence-electron chi connectivity index (χ0n) is 14.9. The summed E-state index contributed by atoms with van der Waals surface area (Å²) in [5, 5.41) is 9.91. The van der Waals surface area contributed by atoms with E-state index in [1.54, 1.807) is 18.7 Å². The summed E-state index contributed by atoms with van der Waals surface area (Å²) in [6.45, 7) is 11.8. The summed E-state index contributed by atoms with van der Waals surface area (Å²) in [6.07, 6.45) is 1.42. The molecule has 2 saturated heterocycles. The summed E-state index contributed by atoms with van der Waals surface area (Å²) in [7, 11) is 0. The summed E-state index contributed by atoms with van der Waals surface area (Å²) in [5.41, 5.74) is -0.714. The SMILES string of the molecule is CC(C)C(C(=O)N1CCN(CC(C)(C)O)CC1)N1CCCC1=O. The van der Waals surface area contributed by atoms with Gasteiger partial charge in [-0.25, -0.2) is 0 Å². The summed E-state index contributed by atoms with van der Waals surface area (Å²) in [4.78, 5) is 30.8. The molecule has 0 saturated carbocycles. The number of likely N-dealkylation sites (tertiary alicyclic amines) is 1. The normalized spacial score (nSPS) is 22.1. The van der Waals surface area contributed by atoms with Crippen LogP contribution in [0.3, 0.4) is 0 Å². The maximum Gasteiger partial charge on any atom is 0.245 e. The van der Waals surface area contributed by atoms with E-state index in [9.17, 15) is 14.7 Å². The van der Waals surface area contributed by atoms with Gasteiger partial charge >= 0.3 is 0 Å². The average Bonchev–Trinajstić information content (AvgIpc) is 2.84. The highest BCUT2D eigenvalue weighted by atomic mass is 16.3. The quantitative estimate of drug-likeness (QED) is 0.802. The third-order valence-electron chi connectivity index (χ3n) is 4.62. The minimum Gasteiger partial charge on any atom is -0.389 e. The summed E-state index contributed by atoms with van der Waals surface area (Å²) in [6, 6.07) is -0.328. The number of nitrogens with zero attached hydrogens (tertiary/aromatic N) is 3. The van der Waals surface area contributed by atoms with Gasteiger partial charge in [-0.2, -0.15) is 0 Å². The molecule has 0 radical (unpaired) electrons. The van der Waals surface area contributed by atoms with Gasteiger partial charge in [0.2, 0.25) is 11.8 Å². The second-order valence-corrected chi connectivity index (χ2v) is 7.79. The first-order chi connectivity index (χ1) is 10.7. The first kappa shape index (κ1) is 18.2. The van der Waals surface area contributed by atoms with Gasteiger partial charge < -0.3 is 14.9 Å². The predicted octanol–water partition coefficient (Wildman–Crippen LogP) is 0.549. The van der Waals surface area contributed by atoms with Crippen LogP contribution in [0.1, 0.15) is 40.5 Å². The van der Waals surface area contributed by atoms with Crippen molar-refractivity contribution < 1.29 is 14.7 Å². The van der Waals surface area contributed by atoms with Crippen LogP contribution in [0.15, 0.2) is 0 Å². The van der Waals surface area contributed by atoms with Gasteiger partial charge in [0.05, 0.1) is 5.60 Å². The number of carbonyl (C=O) groups is 2. The van der Waals surface area contributed by atoms with Gasteiger partial charge in [-0.3, -0.25) is 14.5 Å². The molecule has 1 atom stereocenters. The Morgan fingerprint density at radius 2 is 1.78 bits per heavy atom. The van der Waals surface area contributed by atoms with Gasteiger partial charge in [0.1, 0.15) is 6.04 Å². The molecule has 0 spiro atoms. The summed E-state index contributed by atoms with van der Waals surface area (Å²) < 4.78 is 0. The number of hydrogen-bond donors (Lipinski definition) is 1. The summed E-state index contributed by atoms with van der Waals surface area (Å²) in [5.74, 6) is 0.315. The fraction of sp³-hybridized carbons (Fsp3) is 0.882. The molecule has 6 heteroatoms. The number of aliphatic hydroxyl groups is 1. The highest BCUT2D eigenvalue weighted by Gasteiger charge is 2.38. The molecule has 0 aromatic rings. The lowest BCUT2D eigenvalue weighted by Gasteiger charge is -2.40. The smallest absolute Gasteiger partial charge is 0.245 e. The van der Waals surface area contributed by atoms with Crippen molar-refractivity contribution in [2.75, 3.05) is 39.3 Å². The molecule has 132 valence electrons. The molecule has 2 amide bonds. The van der Waals surface area contributed by atoms with Crippen LogP contribution in [0.5, 0.6) is 0 Å². The molecular weight excluding hydrogens is 294 g/mol. The van der Waals surface area contributed by atoms with Crippen molar-refractivity contribution in [3.05, 3.63) is 0 Å². The molecule has 2 aliphatic rings. The van der Waals surface area contributed by atoms with Crippen molar-refractivity contribution in [3.8, 4) is 0 Å². The highest BCUT2D eigenvalue weighted by Crippen LogP contribution is 2.21. The lowest BCUT2D eigenvalue weighted by atomic mass is 10.0. The van der Waals surface area contributed by atoms with Gasteiger partial charge in [0.15, 0.2) is 0 Å². The van der Waals surface area contributed by atoms with E-state index in [0.717, 1.165) is 19.5 Å². The molecular formula is C17H31N3O3. The second-order valence-electron chi connectivity index (χ2n) is 7.79. The molecule has 0 aromatic heterocycles. The standard InChI is InChI=1S/C17H31N3O3/c1-13(2)15(20-7-5-6-14(20)21)16(22)19-10-8-18(9-11-19)12-17(3,4)23/h13,15,23H,5-12H2,1-4H3. The molecule has 23 heavy (non-hydrogen) atoms. The van der Waals surface area contributed by atoms with Crippen LogP contribution in [0.4, 0.5) is 0 Å². The summed E-state index contributed by atoms with van der Waals surface area (Å²) >= 11 is 0. The second kappa shape index (κ2) is 7.18. The minimum atomic E-state index is -0.714. The lowest BCUT2D eigenvalue weighted by Crippen LogP contribution is -2.57. The maximum atomic E-state index is 12.9. The van der Waals surface area contributed by atoms with Crippen molar-refractivity contribution in [2.45, 2.75) is 52.2 Å². The Kier molecular flexibility index (Phi) is 5.68. The fourth-order valence-electron chi connectivity index (χ4n) is 3.60. The lowest BCUT2D eigenvalue weighted by molar-refractivity contribution is -0.146. The van der Waals surface area contributed by atoms with Crippen LogP contribution in [-0.4, -0.2) is 82.5 Å². The third kappa shape index (κ3) is 4.67. The highest BCUT2D eigenvalue weighted by molar-refractivity contribution is 5.89. The van der Waals surface area contributed by atoms with Crippen molar-refractivity contribution in [1.29, 1.82) is 0 Å². The Morgan fingerprint density at radius 3 is 2.22 bits per heavy atom. The van der Waals surface area contributed by atoms with Gasteiger partial charge in [0, 0.05) is 45.7 Å². The van der Waals surface area contributed by atoms with Crippen LogP contribution in [0.2, 0.25) is 0 Å². The van der Waals surface area contributed by atoms with Crippen LogP contribution in [0.25, 0.3) is 0 Å². The Balaban J connectivity index is 1.95. The van der Waals surface area contributed by atoms with Crippen molar-refractivity contribution >= 4 is 11.8 Å². The number of β-amino-alcohol motifs (C(OH)–C–C–N with tert-alkyl or cyclic N) is 1. The first-order valence-corrected chi connectivity index (χ1v) is 8.72. The van der Waals surface area contributed by atoms with Crippen LogP contribution < -0.4 is 0 Å². The van der Waals surface area contributed by atoms with Crippen LogP contribution in [-0.2, 0) is 9.59 Å². The largest absolute Gasteiger partial charge is 0.389 e. The third-order valence-corrected chi connectivity index (χ3v) is 4.62. The number of hydrogen-bond acceptors (Lipinski definition) is 4. The van der Waals surface area contributed by atoms with Crippen molar-refractivity contribution in [3.63, 3.8) is 0 Å². The van der Waals surface area contributed by atoms with Crippen molar-refractivity contribution in [1.82, 2.24) is 14.7 Å². The van der Waals surface area contributed by atoms with Crippen molar-refractivity contribution in [2.24, 2.45) is 5.92 Å². The Labute approximate surface area is 139 Å². The van der Waals surface area contributed by atoms with E-state index < -0.39 is 5.60 Å². The molecule has 2 fully saturated rings. The predicted molar refractivity (Wildman–Crippen MR) is 88.9 cm³/mol. The van der Waals surface area contributed by atoms with Gasteiger partial charge in [0.25, 0.3) is 0 Å². The molecule has 2 aliphatic heterocycles. The molecule has 2 rings (SSSR count). The zero-order valence-corrected chi connectivity index (χ0v) is 14.9. The minimum absolute atomic E-state index is 0.0816.